The predicted octanol–water partition coefficient (Wildman–Crippen LogP) is 1.55. The van der Waals surface area contributed by atoms with Crippen LogP contribution in [0.25, 0.3) is 0 Å². The van der Waals surface area contributed by atoms with Crippen LogP contribution in [-0.4, -0.2) is 41.1 Å². The van der Waals surface area contributed by atoms with Crippen molar-refractivity contribution in [3.05, 3.63) is 65.7 Å². The molecule has 4 rings (SSSR count). The summed E-state index contributed by atoms with van der Waals surface area (Å²) in [6, 6.07) is 14.9. The molecule has 1 aliphatic heterocycles. The number of quaternary nitrogens is 1. The third-order valence-electron chi connectivity index (χ3n) is 5.16. The Balaban J connectivity index is 1.41. The summed E-state index contributed by atoms with van der Waals surface area (Å²) in [6.07, 6.45) is 0. The number of benzene rings is 2. The molecule has 2 heterocycles. The number of piperazine rings is 1. The maximum Gasteiger partial charge on any atom is 0.232 e. The van der Waals surface area contributed by atoms with Crippen LogP contribution in [0.2, 0.25) is 0 Å². The molecule has 2 aromatic carbocycles. The van der Waals surface area contributed by atoms with Crippen LogP contribution < -0.4 is 20.9 Å². The highest BCUT2D eigenvalue weighted by Gasteiger charge is 2.23. The normalized spacial score (nSPS) is 14.8. The Morgan fingerprint density at radius 3 is 2.52 bits per heavy atom. The van der Waals surface area contributed by atoms with Gasteiger partial charge in [-0.25, -0.2) is 4.39 Å². The highest BCUT2D eigenvalue weighted by atomic mass is 19.1. The van der Waals surface area contributed by atoms with E-state index in [9.17, 15) is 4.39 Å². The molecule has 150 valence electrons. The monoisotopic (exact) mass is 394 g/mol. The minimum absolute atomic E-state index is 0.173. The SMILES string of the molecule is Cc1ccccc1Nc1nc(N)nc(C[NH+]2CCN(c3ccccc3F)CC2)n1. The molecule has 1 fully saturated rings. The first-order valence-electron chi connectivity index (χ1n) is 9.74. The molecule has 0 aliphatic carbocycles. The van der Waals surface area contributed by atoms with E-state index >= 15 is 0 Å². The maximum atomic E-state index is 14.0. The number of nitrogen functional groups attached to an aromatic ring is 1. The van der Waals surface area contributed by atoms with Gasteiger partial charge in [-0.15, -0.1) is 0 Å². The average Bonchev–Trinajstić information content (AvgIpc) is 2.70. The van der Waals surface area contributed by atoms with Crippen molar-refractivity contribution < 1.29 is 9.29 Å². The molecular formula is C21H25FN7+. The quantitative estimate of drug-likeness (QED) is 0.609. The smallest absolute Gasteiger partial charge is 0.232 e. The van der Waals surface area contributed by atoms with Crippen LogP contribution in [-0.2, 0) is 6.54 Å². The predicted molar refractivity (Wildman–Crippen MR) is 112 cm³/mol. The minimum Gasteiger partial charge on any atom is -0.368 e. The van der Waals surface area contributed by atoms with Crippen molar-refractivity contribution in [1.29, 1.82) is 0 Å². The Morgan fingerprint density at radius 2 is 1.76 bits per heavy atom. The van der Waals surface area contributed by atoms with Gasteiger partial charge in [0.15, 0.2) is 5.82 Å². The molecule has 1 aliphatic rings. The fourth-order valence-electron chi connectivity index (χ4n) is 3.58. The summed E-state index contributed by atoms with van der Waals surface area (Å²) in [7, 11) is 0. The number of anilines is 4. The van der Waals surface area contributed by atoms with Gasteiger partial charge in [-0.1, -0.05) is 30.3 Å². The largest absolute Gasteiger partial charge is 0.368 e. The molecule has 8 heteroatoms. The molecule has 0 amide bonds. The molecule has 0 bridgehead atoms. The number of para-hydroxylation sites is 2. The van der Waals surface area contributed by atoms with Gasteiger partial charge >= 0.3 is 0 Å². The van der Waals surface area contributed by atoms with Gasteiger partial charge in [0.25, 0.3) is 0 Å². The lowest BCUT2D eigenvalue weighted by molar-refractivity contribution is -0.915. The molecule has 0 unspecified atom stereocenters. The Labute approximate surface area is 169 Å². The molecule has 0 radical (unpaired) electrons. The number of rotatable bonds is 5. The van der Waals surface area contributed by atoms with Crippen molar-refractivity contribution in [3.8, 4) is 0 Å². The molecule has 3 aromatic rings. The Morgan fingerprint density at radius 1 is 1.03 bits per heavy atom. The number of nitrogens with two attached hydrogens (primary N) is 1. The van der Waals surface area contributed by atoms with Crippen molar-refractivity contribution in [3.63, 3.8) is 0 Å². The van der Waals surface area contributed by atoms with Gasteiger partial charge in [0.1, 0.15) is 12.4 Å². The summed E-state index contributed by atoms with van der Waals surface area (Å²) < 4.78 is 14.0. The van der Waals surface area contributed by atoms with Crippen LogP contribution in [0.15, 0.2) is 48.5 Å². The molecule has 4 N–H and O–H groups in total. The van der Waals surface area contributed by atoms with E-state index in [2.05, 4.69) is 25.2 Å². The lowest BCUT2D eigenvalue weighted by Crippen LogP contribution is -3.13. The Kier molecular flexibility index (Phi) is 5.53. The second-order valence-electron chi connectivity index (χ2n) is 7.24. The first-order chi connectivity index (χ1) is 14.1. The molecule has 1 aromatic heterocycles. The minimum atomic E-state index is -0.173. The van der Waals surface area contributed by atoms with Gasteiger partial charge in [0.05, 0.1) is 31.9 Å². The molecule has 1 saturated heterocycles. The van der Waals surface area contributed by atoms with Gasteiger partial charge < -0.3 is 20.9 Å². The zero-order valence-corrected chi connectivity index (χ0v) is 16.4. The average molecular weight is 394 g/mol. The molecule has 29 heavy (non-hydrogen) atoms. The van der Waals surface area contributed by atoms with Gasteiger partial charge in [-0.3, -0.25) is 0 Å². The van der Waals surface area contributed by atoms with Gasteiger partial charge in [0, 0.05) is 5.69 Å². The Hall–Kier alpha value is -3.26. The lowest BCUT2D eigenvalue weighted by atomic mass is 10.2. The second kappa shape index (κ2) is 8.40. The van der Waals surface area contributed by atoms with Gasteiger partial charge in [-0.05, 0) is 30.7 Å². The van der Waals surface area contributed by atoms with Crippen LogP contribution in [0.3, 0.4) is 0 Å². The van der Waals surface area contributed by atoms with Gasteiger partial charge in [-0.2, -0.15) is 15.0 Å². The third-order valence-corrected chi connectivity index (χ3v) is 5.16. The van der Waals surface area contributed by atoms with Crippen LogP contribution in [0.1, 0.15) is 11.4 Å². The van der Waals surface area contributed by atoms with E-state index < -0.39 is 0 Å². The fourth-order valence-corrected chi connectivity index (χ4v) is 3.58. The number of hydrogen-bond donors (Lipinski definition) is 3. The van der Waals surface area contributed by atoms with Crippen molar-refractivity contribution in [2.45, 2.75) is 13.5 Å². The number of nitrogens with one attached hydrogen (secondary N) is 2. The van der Waals surface area contributed by atoms with E-state index in [0.717, 1.165) is 37.4 Å². The zero-order chi connectivity index (χ0) is 20.2. The molecule has 0 atom stereocenters. The van der Waals surface area contributed by atoms with Crippen LogP contribution in [0.5, 0.6) is 0 Å². The molecule has 7 nitrogen and oxygen atoms in total. The van der Waals surface area contributed by atoms with Crippen LogP contribution in [0.4, 0.5) is 27.7 Å². The number of halogens is 1. The highest BCUT2D eigenvalue weighted by Crippen LogP contribution is 2.19. The van der Waals surface area contributed by atoms with Crippen molar-refractivity contribution in [2.24, 2.45) is 0 Å². The van der Waals surface area contributed by atoms with E-state index in [4.69, 9.17) is 5.73 Å². The van der Waals surface area contributed by atoms with Crippen LogP contribution >= 0.6 is 0 Å². The van der Waals surface area contributed by atoms with Crippen molar-refractivity contribution in [2.75, 3.05) is 42.1 Å². The first-order valence-corrected chi connectivity index (χ1v) is 9.74. The highest BCUT2D eigenvalue weighted by molar-refractivity contribution is 5.58. The van der Waals surface area contributed by atoms with Crippen molar-refractivity contribution in [1.82, 2.24) is 15.0 Å². The summed E-state index contributed by atoms with van der Waals surface area (Å²) in [5, 5.41) is 3.22. The second-order valence-corrected chi connectivity index (χ2v) is 7.24. The van der Waals surface area contributed by atoms with Gasteiger partial charge in [0.2, 0.25) is 11.9 Å². The summed E-state index contributed by atoms with van der Waals surface area (Å²) in [4.78, 5) is 16.5. The van der Waals surface area contributed by atoms with Crippen LogP contribution in [0, 0.1) is 12.7 Å². The number of aromatic nitrogens is 3. The number of aryl methyl sites for hydroxylation is 1. The lowest BCUT2D eigenvalue weighted by Gasteiger charge is -2.33. The Bertz CT molecular complexity index is 986. The standard InChI is InChI=1S/C21H24FN7/c1-15-6-2-4-8-17(15)24-21-26-19(25-20(23)27-21)14-28-10-12-29(13-11-28)18-9-5-3-7-16(18)22/h2-9H,10-14H2,1H3,(H3,23,24,25,26,27)/p+1. The summed E-state index contributed by atoms with van der Waals surface area (Å²) in [6.45, 7) is 5.99. The van der Waals surface area contributed by atoms with E-state index in [-0.39, 0.29) is 11.8 Å². The van der Waals surface area contributed by atoms with E-state index in [1.165, 1.54) is 11.0 Å². The molecule has 0 saturated carbocycles. The maximum absolute atomic E-state index is 14.0. The topological polar surface area (TPSA) is 84.4 Å². The summed E-state index contributed by atoms with van der Waals surface area (Å²) in [5.74, 6) is 1.14. The summed E-state index contributed by atoms with van der Waals surface area (Å²) >= 11 is 0. The fraction of sp³-hybridized carbons (Fsp3) is 0.286. The summed E-state index contributed by atoms with van der Waals surface area (Å²) in [5.41, 5.74) is 8.62. The van der Waals surface area contributed by atoms with Crippen molar-refractivity contribution >= 4 is 23.3 Å². The zero-order valence-electron chi connectivity index (χ0n) is 16.4. The third kappa shape index (κ3) is 4.60. The van der Waals surface area contributed by atoms with E-state index in [0.29, 0.717) is 24.0 Å². The number of hydrogen-bond acceptors (Lipinski definition) is 6. The first kappa shape index (κ1) is 19.1. The number of nitrogens with zero attached hydrogens (tertiary/aromatic N) is 4. The molecular weight excluding hydrogens is 369 g/mol. The van der Waals surface area contributed by atoms with E-state index in [1.54, 1.807) is 6.07 Å². The molecule has 0 spiro atoms. The van der Waals surface area contributed by atoms with E-state index in [1.807, 2.05) is 43.3 Å².